The van der Waals surface area contributed by atoms with Crippen molar-refractivity contribution in [3.8, 4) is 0 Å². The van der Waals surface area contributed by atoms with E-state index < -0.39 is 60.0 Å². The Morgan fingerprint density at radius 2 is 1.65 bits per heavy atom. The molecule has 0 radical (unpaired) electrons. The van der Waals surface area contributed by atoms with Gasteiger partial charge in [0.05, 0.1) is 18.2 Å². The summed E-state index contributed by atoms with van der Waals surface area (Å²) in [5, 5.41) is 12.8. The smallest absolute Gasteiger partial charge is 0.382 e. The molecule has 0 unspecified atom stereocenters. The van der Waals surface area contributed by atoms with Crippen LogP contribution < -0.4 is 0 Å². The second-order valence-electron chi connectivity index (χ2n) is 6.05. The predicted octanol–water partition coefficient (Wildman–Crippen LogP) is 3.53. The Morgan fingerprint density at radius 3 is 2.17 bits per heavy atom. The van der Waals surface area contributed by atoms with Crippen LogP contribution in [0, 0.1) is 0 Å². The Morgan fingerprint density at radius 1 is 1.09 bits per heavy atom. The number of aliphatic hydroxyl groups excluding tert-OH is 1. The van der Waals surface area contributed by atoms with Crippen molar-refractivity contribution in [2.75, 3.05) is 0 Å². The highest BCUT2D eigenvalue weighted by Crippen LogP contribution is 2.49. The molecule has 3 nitrogen and oxygen atoms in total. The first-order valence-corrected chi connectivity index (χ1v) is 7.03. The Labute approximate surface area is 126 Å². The molecule has 4 atom stereocenters. The first kappa shape index (κ1) is 16.5. The molecule has 0 aliphatic heterocycles. The standard InChI is InChI=1S/C13H13F7N2O/c14-5-1-6(15)3-7(2-5)22-8-4-12(16,17)11(23)9(8)10(21-22)13(18,19)20/h5-7,11,23H,1-4H2/t5-,6+,7-,11-/m0/s1. The number of fused-ring (bicyclic) bond motifs is 1. The molecule has 1 aromatic rings. The number of hydrogen-bond donors (Lipinski definition) is 1. The molecule has 10 heteroatoms. The summed E-state index contributed by atoms with van der Waals surface area (Å²) in [4.78, 5) is 0. The van der Waals surface area contributed by atoms with Crippen LogP contribution in [-0.2, 0) is 12.6 Å². The summed E-state index contributed by atoms with van der Waals surface area (Å²) in [6.45, 7) is 0. The minimum absolute atomic E-state index is 0.298. The molecule has 0 spiro atoms. The fourth-order valence-corrected chi connectivity index (χ4v) is 3.34. The van der Waals surface area contributed by atoms with E-state index in [1.54, 1.807) is 0 Å². The summed E-state index contributed by atoms with van der Waals surface area (Å²) in [5.41, 5.74) is -3.10. The van der Waals surface area contributed by atoms with E-state index in [1.807, 2.05) is 0 Å². The highest BCUT2D eigenvalue weighted by atomic mass is 19.4. The minimum atomic E-state index is -5.05. The van der Waals surface area contributed by atoms with Crippen LogP contribution in [0.2, 0.25) is 0 Å². The van der Waals surface area contributed by atoms with E-state index >= 15 is 0 Å². The lowest BCUT2D eigenvalue weighted by atomic mass is 9.92. The van der Waals surface area contributed by atoms with Crippen molar-refractivity contribution in [1.82, 2.24) is 9.78 Å². The zero-order chi connectivity index (χ0) is 17.2. The van der Waals surface area contributed by atoms with Crippen LogP contribution in [0.15, 0.2) is 0 Å². The summed E-state index contributed by atoms with van der Waals surface area (Å²) in [6.07, 6.45) is -12.9. The average molecular weight is 346 g/mol. The highest BCUT2D eigenvalue weighted by molar-refractivity contribution is 5.38. The molecule has 0 bridgehead atoms. The van der Waals surface area contributed by atoms with Crippen LogP contribution in [0.25, 0.3) is 0 Å². The number of rotatable bonds is 1. The molecule has 1 saturated carbocycles. The summed E-state index contributed by atoms with van der Waals surface area (Å²) < 4.78 is 93.9. The van der Waals surface area contributed by atoms with Crippen LogP contribution in [0.4, 0.5) is 30.7 Å². The van der Waals surface area contributed by atoms with Crippen molar-refractivity contribution in [2.24, 2.45) is 0 Å². The van der Waals surface area contributed by atoms with E-state index in [2.05, 4.69) is 5.10 Å². The third-order valence-electron chi connectivity index (χ3n) is 4.31. The number of halogens is 7. The Kier molecular flexibility index (Phi) is 3.66. The van der Waals surface area contributed by atoms with Gasteiger partial charge in [-0.05, 0) is 0 Å². The van der Waals surface area contributed by atoms with Gasteiger partial charge in [-0.25, -0.2) is 17.6 Å². The van der Waals surface area contributed by atoms with Crippen molar-refractivity contribution in [3.05, 3.63) is 17.0 Å². The highest BCUT2D eigenvalue weighted by Gasteiger charge is 2.55. The third kappa shape index (κ3) is 2.70. The molecule has 2 aliphatic rings. The summed E-state index contributed by atoms with van der Waals surface area (Å²) >= 11 is 0. The van der Waals surface area contributed by atoms with E-state index in [9.17, 15) is 35.8 Å². The lowest BCUT2D eigenvalue weighted by Gasteiger charge is -2.28. The van der Waals surface area contributed by atoms with Gasteiger partial charge in [0.1, 0.15) is 18.4 Å². The predicted molar refractivity (Wildman–Crippen MR) is 63.5 cm³/mol. The van der Waals surface area contributed by atoms with Gasteiger partial charge >= 0.3 is 6.18 Å². The van der Waals surface area contributed by atoms with Crippen molar-refractivity contribution >= 4 is 0 Å². The normalized spacial score (nSPS) is 33.7. The summed E-state index contributed by atoms with van der Waals surface area (Å²) in [6, 6.07) is -1.08. The van der Waals surface area contributed by atoms with E-state index in [0.717, 1.165) is 0 Å². The van der Waals surface area contributed by atoms with Gasteiger partial charge in [0.15, 0.2) is 5.69 Å². The zero-order valence-corrected chi connectivity index (χ0v) is 11.6. The molecule has 2 aliphatic carbocycles. The molecule has 23 heavy (non-hydrogen) atoms. The van der Waals surface area contributed by atoms with Crippen LogP contribution in [0.3, 0.4) is 0 Å². The lowest BCUT2D eigenvalue weighted by Crippen LogP contribution is -2.30. The van der Waals surface area contributed by atoms with Crippen LogP contribution in [-0.4, -0.2) is 33.2 Å². The first-order chi connectivity index (χ1) is 10.5. The van der Waals surface area contributed by atoms with Crippen molar-refractivity contribution in [2.45, 2.75) is 62.3 Å². The molecule has 1 heterocycles. The molecule has 130 valence electrons. The number of nitrogens with zero attached hydrogens (tertiary/aromatic N) is 2. The van der Waals surface area contributed by atoms with E-state index in [-0.39, 0.29) is 19.3 Å². The Hall–Kier alpha value is -1.32. The van der Waals surface area contributed by atoms with Crippen LogP contribution in [0.1, 0.15) is 48.4 Å². The number of aliphatic hydroxyl groups is 1. The number of alkyl halides is 7. The molecule has 1 N–H and O–H groups in total. The maximum absolute atomic E-state index is 13.6. The fourth-order valence-electron chi connectivity index (χ4n) is 3.34. The second-order valence-corrected chi connectivity index (χ2v) is 6.05. The summed E-state index contributed by atoms with van der Waals surface area (Å²) in [5.74, 6) is -3.77. The van der Waals surface area contributed by atoms with Crippen LogP contribution >= 0.6 is 0 Å². The molecule has 3 rings (SSSR count). The van der Waals surface area contributed by atoms with Crippen LogP contribution in [0.5, 0.6) is 0 Å². The van der Waals surface area contributed by atoms with E-state index in [4.69, 9.17) is 0 Å². The van der Waals surface area contributed by atoms with E-state index in [1.165, 1.54) is 0 Å². The third-order valence-corrected chi connectivity index (χ3v) is 4.31. The topological polar surface area (TPSA) is 38.1 Å². The van der Waals surface area contributed by atoms with Gasteiger partial charge in [-0.3, -0.25) is 4.68 Å². The SMILES string of the molecule is O[C@H]1c2c(C(F)(F)F)nn([C@@H]3C[C@H](F)C[C@H](F)C3)c2CC1(F)F. The van der Waals surface area contributed by atoms with E-state index in [0.29, 0.717) is 4.68 Å². The van der Waals surface area contributed by atoms with Gasteiger partial charge in [0, 0.05) is 24.8 Å². The number of aromatic nitrogens is 2. The van der Waals surface area contributed by atoms with Gasteiger partial charge in [-0.15, -0.1) is 0 Å². The molecular formula is C13H13F7N2O. The van der Waals surface area contributed by atoms with Gasteiger partial charge in [0.25, 0.3) is 5.92 Å². The fraction of sp³-hybridized carbons (Fsp3) is 0.769. The van der Waals surface area contributed by atoms with Gasteiger partial charge in [-0.2, -0.15) is 18.3 Å². The largest absolute Gasteiger partial charge is 0.435 e. The second kappa shape index (κ2) is 5.09. The Bertz CT molecular complexity index is 602. The maximum atomic E-state index is 13.6. The molecule has 1 fully saturated rings. The van der Waals surface area contributed by atoms with Crippen molar-refractivity contribution in [3.63, 3.8) is 0 Å². The maximum Gasteiger partial charge on any atom is 0.435 e. The minimum Gasteiger partial charge on any atom is -0.382 e. The van der Waals surface area contributed by atoms with Crippen molar-refractivity contribution < 1.29 is 35.8 Å². The molecule has 0 amide bonds. The van der Waals surface area contributed by atoms with Crippen molar-refractivity contribution in [1.29, 1.82) is 0 Å². The zero-order valence-electron chi connectivity index (χ0n) is 11.6. The number of hydrogen-bond acceptors (Lipinski definition) is 2. The van der Waals surface area contributed by atoms with Gasteiger partial charge in [0.2, 0.25) is 0 Å². The monoisotopic (exact) mass is 346 g/mol. The summed E-state index contributed by atoms with van der Waals surface area (Å²) in [7, 11) is 0. The molecule has 1 aromatic heterocycles. The molecule has 0 saturated heterocycles. The Balaban J connectivity index is 2.08. The average Bonchev–Trinajstić information content (AvgIpc) is 2.84. The van der Waals surface area contributed by atoms with Gasteiger partial charge in [-0.1, -0.05) is 0 Å². The molecular weight excluding hydrogens is 333 g/mol. The quantitative estimate of drug-likeness (QED) is 0.790. The first-order valence-electron chi connectivity index (χ1n) is 7.03. The molecule has 0 aromatic carbocycles. The van der Waals surface area contributed by atoms with Gasteiger partial charge < -0.3 is 5.11 Å². The lowest BCUT2D eigenvalue weighted by molar-refractivity contribution is -0.146.